The fourth-order valence-corrected chi connectivity index (χ4v) is 2.01. The third kappa shape index (κ3) is 5.10. The van der Waals surface area contributed by atoms with E-state index in [4.69, 9.17) is 5.73 Å². The molecule has 0 aliphatic heterocycles. The van der Waals surface area contributed by atoms with Crippen LogP contribution in [0.3, 0.4) is 0 Å². The molecule has 1 rings (SSSR count). The summed E-state index contributed by atoms with van der Waals surface area (Å²) in [6, 6.07) is 7.55. The second kappa shape index (κ2) is 7.67. The van der Waals surface area contributed by atoms with Crippen LogP contribution in [0.25, 0.3) is 0 Å². The molecule has 0 heterocycles. The smallest absolute Gasteiger partial charge is 0.241 e. The van der Waals surface area contributed by atoms with Crippen molar-refractivity contribution in [2.45, 2.75) is 26.2 Å². The third-order valence-electron chi connectivity index (χ3n) is 3.55. The second-order valence-corrected chi connectivity index (χ2v) is 5.47. The van der Waals surface area contributed by atoms with Gasteiger partial charge in [0, 0.05) is 32.7 Å². The summed E-state index contributed by atoms with van der Waals surface area (Å²) in [5, 5.41) is 0. The monoisotopic (exact) mass is 291 g/mol. The summed E-state index contributed by atoms with van der Waals surface area (Å²) in [4.78, 5) is 27.1. The minimum Gasteiger partial charge on any atom is -0.399 e. The van der Waals surface area contributed by atoms with Gasteiger partial charge < -0.3 is 15.5 Å². The Balaban J connectivity index is 2.65. The summed E-state index contributed by atoms with van der Waals surface area (Å²) in [6.07, 6.45) is 0.387. The molecule has 0 saturated heterocycles. The first-order chi connectivity index (χ1) is 9.85. The quantitative estimate of drug-likeness (QED) is 0.811. The second-order valence-electron chi connectivity index (χ2n) is 5.47. The maximum atomic E-state index is 12.3. The van der Waals surface area contributed by atoms with Crippen LogP contribution in [0.1, 0.15) is 31.7 Å². The van der Waals surface area contributed by atoms with Crippen LogP contribution in [-0.4, -0.2) is 48.8 Å². The zero-order chi connectivity index (χ0) is 16.0. The molecule has 5 heteroatoms. The van der Waals surface area contributed by atoms with Crippen LogP contribution in [0.15, 0.2) is 24.3 Å². The van der Waals surface area contributed by atoms with E-state index in [1.165, 1.54) is 4.90 Å². The maximum Gasteiger partial charge on any atom is 0.241 e. The number of carbonyl (C=O) groups excluding carboxylic acids is 2. The minimum atomic E-state index is -0.0645. The predicted molar refractivity (Wildman–Crippen MR) is 84.8 cm³/mol. The Morgan fingerprint density at radius 1 is 1.14 bits per heavy atom. The molecule has 0 fully saturated rings. The fraction of sp³-hybridized carbons (Fsp3) is 0.500. The highest BCUT2D eigenvalue weighted by molar-refractivity contribution is 5.84. The highest BCUT2D eigenvalue weighted by Gasteiger charge is 2.19. The SMILES string of the molecule is CCN(CC(=O)N(C)C)C(=O)CC(C)c1ccc(N)cc1. The van der Waals surface area contributed by atoms with Crippen molar-refractivity contribution in [2.75, 3.05) is 32.9 Å². The zero-order valence-corrected chi connectivity index (χ0v) is 13.3. The van der Waals surface area contributed by atoms with Gasteiger partial charge in [-0.1, -0.05) is 19.1 Å². The number of likely N-dealkylation sites (N-methyl/N-ethyl adjacent to an activating group) is 2. The van der Waals surface area contributed by atoms with Crippen molar-refractivity contribution in [3.63, 3.8) is 0 Å². The summed E-state index contributed by atoms with van der Waals surface area (Å²) in [6.45, 7) is 4.56. The average Bonchev–Trinajstić information content (AvgIpc) is 2.44. The van der Waals surface area contributed by atoms with Crippen molar-refractivity contribution in [1.29, 1.82) is 0 Å². The van der Waals surface area contributed by atoms with Gasteiger partial charge in [0.2, 0.25) is 11.8 Å². The van der Waals surface area contributed by atoms with Gasteiger partial charge in [0.1, 0.15) is 0 Å². The van der Waals surface area contributed by atoms with Crippen LogP contribution in [0.4, 0.5) is 5.69 Å². The van der Waals surface area contributed by atoms with Gasteiger partial charge in [0.25, 0.3) is 0 Å². The van der Waals surface area contributed by atoms with Gasteiger partial charge in [-0.15, -0.1) is 0 Å². The van der Waals surface area contributed by atoms with Gasteiger partial charge in [-0.2, -0.15) is 0 Å². The molecule has 0 aliphatic carbocycles. The number of anilines is 1. The van der Waals surface area contributed by atoms with Crippen LogP contribution in [0.2, 0.25) is 0 Å². The topological polar surface area (TPSA) is 66.6 Å². The molecule has 0 aliphatic rings. The number of nitrogen functional groups attached to an aromatic ring is 1. The van der Waals surface area contributed by atoms with Gasteiger partial charge >= 0.3 is 0 Å². The van der Waals surface area contributed by atoms with Crippen molar-refractivity contribution < 1.29 is 9.59 Å². The first-order valence-corrected chi connectivity index (χ1v) is 7.18. The van der Waals surface area contributed by atoms with Crippen molar-refractivity contribution in [2.24, 2.45) is 0 Å². The molecule has 0 spiro atoms. The van der Waals surface area contributed by atoms with E-state index in [1.54, 1.807) is 19.0 Å². The molecule has 21 heavy (non-hydrogen) atoms. The minimum absolute atomic E-state index is 0.00275. The molecule has 0 aromatic heterocycles. The highest BCUT2D eigenvalue weighted by Crippen LogP contribution is 2.21. The number of nitrogens with two attached hydrogens (primary N) is 1. The largest absolute Gasteiger partial charge is 0.399 e. The highest BCUT2D eigenvalue weighted by atomic mass is 16.2. The number of hydrogen-bond donors (Lipinski definition) is 1. The molecule has 1 aromatic rings. The van der Waals surface area contributed by atoms with Crippen molar-refractivity contribution >= 4 is 17.5 Å². The van der Waals surface area contributed by atoms with Gasteiger partial charge in [0.15, 0.2) is 0 Å². The predicted octanol–water partition coefficient (Wildman–Crippen LogP) is 1.70. The van der Waals surface area contributed by atoms with E-state index >= 15 is 0 Å². The van der Waals surface area contributed by atoms with Gasteiger partial charge in [-0.25, -0.2) is 0 Å². The number of nitrogens with zero attached hydrogens (tertiary/aromatic N) is 2. The summed E-state index contributed by atoms with van der Waals surface area (Å²) < 4.78 is 0. The van der Waals surface area contributed by atoms with Crippen LogP contribution in [0, 0.1) is 0 Å². The molecule has 1 unspecified atom stereocenters. The number of amides is 2. The molecule has 2 N–H and O–H groups in total. The molecule has 5 nitrogen and oxygen atoms in total. The first kappa shape index (κ1) is 17.0. The number of benzene rings is 1. The van der Waals surface area contributed by atoms with E-state index < -0.39 is 0 Å². The summed E-state index contributed by atoms with van der Waals surface area (Å²) >= 11 is 0. The van der Waals surface area contributed by atoms with Crippen LogP contribution in [0.5, 0.6) is 0 Å². The molecule has 0 saturated carbocycles. The Hall–Kier alpha value is -2.04. The molecule has 2 amide bonds. The van der Waals surface area contributed by atoms with Crippen molar-refractivity contribution in [3.8, 4) is 0 Å². The van der Waals surface area contributed by atoms with E-state index in [0.717, 1.165) is 5.56 Å². The normalized spacial score (nSPS) is 11.8. The Morgan fingerprint density at radius 2 is 1.71 bits per heavy atom. The Labute approximate surface area is 126 Å². The standard InChI is InChI=1S/C16H25N3O2/c1-5-19(11-16(21)18(3)4)15(20)10-12(2)13-6-8-14(17)9-7-13/h6-9,12H,5,10-11,17H2,1-4H3. The van der Waals surface area contributed by atoms with E-state index in [2.05, 4.69) is 0 Å². The molecule has 0 radical (unpaired) electrons. The van der Waals surface area contributed by atoms with Crippen LogP contribution in [-0.2, 0) is 9.59 Å². The summed E-state index contributed by atoms with van der Waals surface area (Å²) in [5.41, 5.74) is 7.45. The van der Waals surface area contributed by atoms with Crippen LogP contribution >= 0.6 is 0 Å². The molecule has 0 bridgehead atoms. The number of hydrogen-bond acceptors (Lipinski definition) is 3. The molecule has 116 valence electrons. The molecular formula is C16H25N3O2. The van der Waals surface area contributed by atoms with E-state index in [1.807, 2.05) is 38.1 Å². The lowest BCUT2D eigenvalue weighted by molar-refractivity contribution is -0.139. The van der Waals surface area contributed by atoms with Gasteiger partial charge in [0.05, 0.1) is 6.54 Å². The average molecular weight is 291 g/mol. The van der Waals surface area contributed by atoms with E-state index in [0.29, 0.717) is 18.7 Å². The Bertz CT molecular complexity index is 483. The third-order valence-corrected chi connectivity index (χ3v) is 3.55. The van der Waals surface area contributed by atoms with Gasteiger partial charge in [-0.3, -0.25) is 9.59 Å². The Morgan fingerprint density at radius 3 is 2.19 bits per heavy atom. The molecule has 1 aromatic carbocycles. The van der Waals surface area contributed by atoms with Crippen molar-refractivity contribution in [1.82, 2.24) is 9.80 Å². The number of rotatable bonds is 6. The Kier molecular flexibility index (Phi) is 6.21. The van der Waals surface area contributed by atoms with E-state index in [-0.39, 0.29) is 24.3 Å². The lowest BCUT2D eigenvalue weighted by atomic mass is 9.97. The van der Waals surface area contributed by atoms with Gasteiger partial charge in [-0.05, 0) is 30.5 Å². The maximum absolute atomic E-state index is 12.3. The lowest BCUT2D eigenvalue weighted by Gasteiger charge is -2.24. The zero-order valence-electron chi connectivity index (χ0n) is 13.3. The summed E-state index contributed by atoms with van der Waals surface area (Å²) in [7, 11) is 3.38. The fourth-order valence-electron chi connectivity index (χ4n) is 2.01. The van der Waals surface area contributed by atoms with Crippen molar-refractivity contribution in [3.05, 3.63) is 29.8 Å². The lowest BCUT2D eigenvalue weighted by Crippen LogP contribution is -2.40. The van der Waals surface area contributed by atoms with Crippen LogP contribution < -0.4 is 5.73 Å². The first-order valence-electron chi connectivity index (χ1n) is 7.18. The number of carbonyl (C=O) groups is 2. The van der Waals surface area contributed by atoms with E-state index in [9.17, 15) is 9.59 Å². The molecule has 1 atom stereocenters. The summed E-state index contributed by atoms with van der Waals surface area (Å²) in [5.74, 6) is 0.0315. The molecular weight excluding hydrogens is 266 g/mol.